The minimum Gasteiger partial charge on any atom is -0.454 e. The van der Waals surface area contributed by atoms with Crippen molar-refractivity contribution in [3.63, 3.8) is 0 Å². The van der Waals surface area contributed by atoms with Gasteiger partial charge in [-0.2, -0.15) is 5.26 Å². The molecule has 0 aromatic heterocycles. The van der Waals surface area contributed by atoms with Crippen LogP contribution >= 0.6 is 0 Å². The summed E-state index contributed by atoms with van der Waals surface area (Å²) in [6.07, 6.45) is 0. The highest BCUT2D eigenvalue weighted by Crippen LogP contribution is 2.22. The van der Waals surface area contributed by atoms with E-state index in [1.54, 1.807) is 36.4 Å². The Morgan fingerprint density at radius 3 is 2.24 bits per heavy atom. The number of anilines is 1. The molecular formula is C20H19N3O5S. The third-order valence-corrected chi connectivity index (χ3v) is 5.90. The lowest BCUT2D eigenvalue weighted by molar-refractivity contribution is -0.122. The fraction of sp³-hybridized carbons (Fsp3) is 0.200. The van der Waals surface area contributed by atoms with E-state index < -0.39 is 34.3 Å². The van der Waals surface area contributed by atoms with Crippen LogP contribution in [0.5, 0.6) is 0 Å². The van der Waals surface area contributed by atoms with Crippen LogP contribution < -0.4 is 4.31 Å². The monoisotopic (exact) mass is 413 g/mol. The number of hydrogen-bond acceptors (Lipinski definition) is 7. The molecule has 0 bridgehead atoms. The Hall–Kier alpha value is -3.51. The molecule has 29 heavy (non-hydrogen) atoms. The van der Waals surface area contributed by atoms with Crippen LogP contribution in [-0.4, -0.2) is 39.5 Å². The summed E-state index contributed by atoms with van der Waals surface area (Å²) in [5.74, 6) is -2.79. The van der Waals surface area contributed by atoms with Gasteiger partial charge in [-0.05, 0) is 43.3 Å². The fourth-order valence-corrected chi connectivity index (χ4v) is 3.61. The molecule has 0 aliphatic carbocycles. The SMILES string of the molecule is CC(=N)C(C#N)C(=O)COC(=O)c1ccc(S(=O)(=O)N(C)c2ccccc2)cc1. The van der Waals surface area contributed by atoms with E-state index in [4.69, 9.17) is 15.4 Å². The van der Waals surface area contributed by atoms with Crippen LogP contribution in [0, 0.1) is 22.7 Å². The first-order valence-corrected chi connectivity index (χ1v) is 9.91. The smallest absolute Gasteiger partial charge is 0.338 e. The van der Waals surface area contributed by atoms with E-state index >= 15 is 0 Å². The number of carbonyl (C=O) groups is 2. The molecule has 0 amide bonds. The highest BCUT2D eigenvalue weighted by atomic mass is 32.2. The number of nitrogens with zero attached hydrogens (tertiary/aromatic N) is 2. The van der Waals surface area contributed by atoms with Gasteiger partial charge in [-0.15, -0.1) is 0 Å². The van der Waals surface area contributed by atoms with Crippen molar-refractivity contribution in [2.45, 2.75) is 11.8 Å². The van der Waals surface area contributed by atoms with Gasteiger partial charge in [0.1, 0.15) is 5.92 Å². The molecule has 2 aromatic rings. The van der Waals surface area contributed by atoms with E-state index in [-0.39, 0.29) is 16.2 Å². The number of esters is 1. The maximum atomic E-state index is 12.7. The summed E-state index contributed by atoms with van der Waals surface area (Å²) in [7, 11) is -2.39. The third-order valence-electron chi connectivity index (χ3n) is 4.10. The maximum Gasteiger partial charge on any atom is 0.338 e. The first-order chi connectivity index (χ1) is 13.7. The van der Waals surface area contributed by atoms with Gasteiger partial charge < -0.3 is 10.1 Å². The number of sulfonamides is 1. The van der Waals surface area contributed by atoms with Gasteiger partial charge in [0, 0.05) is 12.8 Å². The van der Waals surface area contributed by atoms with Crippen molar-refractivity contribution < 1.29 is 22.7 Å². The number of Topliss-reactive ketones (excluding diaryl/α,β-unsaturated/α-hetero) is 1. The number of para-hydroxylation sites is 1. The van der Waals surface area contributed by atoms with Gasteiger partial charge in [0.25, 0.3) is 10.0 Å². The van der Waals surface area contributed by atoms with Crippen molar-refractivity contribution in [3.05, 3.63) is 60.2 Å². The van der Waals surface area contributed by atoms with Crippen molar-refractivity contribution >= 4 is 33.2 Å². The Balaban J connectivity index is 2.10. The van der Waals surface area contributed by atoms with E-state index in [9.17, 15) is 18.0 Å². The lowest BCUT2D eigenvalue weighted by Crippen LogP contribution is -2.26. The summed E-state index contributed by atoms with van der Waals surface area (Å²) in [6.45, 7) is 0.670. The Morgan fingerprint density at radius 1 is 1.14 bits per heavy atom. The topological polar surface area (TPSA) is 128 Å². The van der Waals surface area contributed by atoms with Crippen LogP contribution in [0.25, 0.3) is 0 Å². The van der Waals surface area contributed by atoms with Crippen LogP contribution in [-0.2, 0) is 19.6 Å². The number of ketones is 1. The summed E-state index contributed by atoms with van der Waals surface area (Å²) in [4.78, 5) is 23.9. The minimum atomic E-state index is -3.82. The molecule has 0 aliphatic rings. The number of rotatable bonds is 8. The number of nitrogens with one attached hydrogen (secondary N) is 1. The number of nitriles is 1. The Bertz CT molecular complexity index is 1060. The van der Waals surface area contributed by atoms with Crippen LogP contribution in [0.2, 0.25) is 0 Å². The predicted molar refractivity (Wildman–Crippen MR) is 106 cm³/mol. The van der Waals surface area contributed by atoms with Gasteiger partial charge in [-0.1, -0.05) is 18.2 Å². The highest BCUT2D eigenvalue weighted by Gasteiger charge is 2.23. The number of ether oxygens (including phenoxy) is 1. The molecule has 0 heterocycles. The van der Waals surface area contributed by atoms with Crippen molar-refractivity contribution in [2.75, 3.05) is 18.0 Å². The second-order valence-electron chi connectivity index (χ2n) is 6.12. The zero-order valence-corrected chi connectivity index (χ0v) is 16.6. The first kappa shape index (κ1) is 21.8. The maximum absolute atomic E-state index is 12.7. The van der Waals surface area contributed by atoms with E-state index in [1.807, 2.05) is 0 Å². The van der Waals surface area contributed by atoms with Crippen molar-refractivity contribution in [2.24, 2.45) is 5.92 Å². The Labute approximate surface area is 168 Å². The fourth-order valence-electron chi connectivity index (χ4n) is 2.41. The molecule has 2 aromatic carbocycles. The van der Waals surface area contributed by atoms with Gasteiger partial charge in [-0.25, -0.2) is 13.2 Å². The quantitative estimate of drug-likeness (QED) is 0.523. The zero-order chi connectivity index (χ0) is 21.6. The van der Waals surface area contributed by atoms with E-state index in [1.165, 1.54) is 38.2 Å². The molecular weight excluding hydrogens is 394 g/mol. The standard InChI is InChI=1S/C20H19N3O5S/c1-14(22)18(12-21)19(24)13-28-20(25)15-8-10-17(11-9-15)29(26,27)23(2)16-6-4-3-5-7-16/h3-11,18,22H,13H2,1-2H3. The van der Waals surface area contributed by atoms with Gasteiger partial charge in [0.2, 0.25) is 0 Å². The van der Waals surface area contributed by atoms with Crippen LogP contribution in [0.3, 0.4) is 0 Å². The average molecular weight is 413 g/mol. The number of carbonyl (C=O) groups excluding carboxylic acids is 2. The summed E-state index contributed by atoms with van der Waals surface area (Å²) < 4.78 is 31.4. The van der Waals surface area contributed by atoms with Gasteiger partial charge in [-0.3, -0.25) is 9.10 Å². The van der Waals surface area contributed by atoms with E-state index in [2.05, 4.69) is 0 Å². The minimum absolute atomic E-state index is 0.0135. The zero-order valence-electron chi connectivity index (χ0n) is 15.8. The second-order valence-corrected chi connectivity index (χ2v) is 8.09. The third kappa shape index (κ3) is 5.06. The molecule has 0 fully saturated rings. The van der Waals surface area contributed by atoms with Crippen LogP contribution in [0.1, 0.15) is 17.3 Å². The van der Waals surface area contributed by atoms with Crippen molar-refractivity contribution in [1.82, 2.24) is 0 Å². The number of benzene rings is 2. The molecule has 1 atom stereocenters. The molecule has 0 radical (unpaired) electrons. The van der Waals surface area contributed by atoms with Crippen LogP contribution in [0.4, 0.5) is 5.69 Å². The van der Waals surface area contributed by atoms with Crippen molar-refractivity contribution in [3.8, 4) is 6.07 Å². The molecule has 0 spiro atoms. The van der Waals surface area contributed by atoms with E-state index in [0.29, 0.717) is 5.69 Å². The predicted octanol–water partition coefficient (Wildman–Crippen LogP) is 2.42. The normalized spacial score (nSPS) is 11.8. The highest BCUT2D eigenvalue weighted by molar-refractivity contribution is 7.92. The molecule has 1 N–H and O–H groups in total. The lowest BCUT2D eigenvalue weighted by atomic mass is 10.0. The largest absolute Gasteiger partial charge is 0.454 e. The second kappa shape index (κ2) is 9.12. The lowest BCUT2D eigenvalue weighted by Gasteiger charge is -2.19. The Kier molecular flexibility index (Phi) is 6.85. The molecule has 1 unspecified atom stereocenters. The Morgan fingerprint density at radius 2 is 1.72 bits per heavy atom. The summed E-state index contributed by atoms with van der Waals surface area (Å²) in [5, 5.41) is 16.2. The summed E-state index contributed by atoms with van der Waals surface area (Å²) in [6, 6.07) is 15.3. The first-order valence-electron chi connectivity index (χ1n) is 8.47. The molecule has 8 nitrogen and oxygen atoms in total. The summed E-state index contributed by atoms with van der Waals surface area (Å²) >= 11 is 0. The van der Waals surface area contributed by atoms with Gasteiger partial charge >= 0.3 is 5.97 Å². The van der Waals surface area contributed by atoms with Gasteiger partial charge in [0.05, 0.1) is 22.2 Å². The van der Waals surface area contributed by atoms with Crippen LogP contribution in [0.15, 0.2) is 59.5 Å². The molecule has 0 aliphatic heterocycles. The van der Waals surface area contributed by atoms with E-state index in [0.717, 1.165) is 4.31 Å². The number of hydrogen-bond donors (Lipinski definition) is 1. The molecule has 2 rings (SSSR count). The molecule has 150 valence electrons. The van der Waals surface area contributed by atoms with Crippen molar-refractivity contribution in [1.29, 1.82) is 10.7 Å². The molecule has 0 saturated carbocycles. The van der Waals surface area contributed by atoms with Gasteiger partial charge in [0.15, 0.2) is 12.4 Å². The average Bonchev–Trinajstić information content (AvgIpc) is 2.72. The summed E-state index contributed by atoms with van der Waals surface area (Å²) in [5.41, 5.74) is 0.410. The molecule has 0 saturated heterocycles. The molecule has 9 heteroatoms.